The fourth-order valence-electron chi connectivity index (χ4n) is 3.14. The van der Waals surface area contributed by atoms with E-state index in [1.165, 1.54) is 0 Å². The first kappa shape index (κ1) is 28.4. The zero-order valence-corrected chi connectivity index (χ0v) is 20.3. The minimum atomic E-state index is -1.70. The Labute approximate surface area is 198 Å². The summed E-state index contributed by atoms with van der Waals surface area (Å²) in [5.41, 5.74) is 1.34. The lowest BCUT2D eigenvalue weighted by atomic mass is 10.1. The van der Waals surface area contributed by atoms with Crippen molar-refractivity contribution in [3.05, 3.63) is 24.3 Å². The van der Waals surface area contributed by atoms with Crippen LogP contribution >= 0.6 is 0 Å². The molecule has 34 heavy (non-hydrogen) atoms. The summed E-state index contributed by atoms with van der Waals surface area (Å²) in [5, 5.41) is 2.60. The monoisotopic (exact) mass is 480 g/mol. The van der Waals surface area contributed by atoms with E-state index in [0.717, 1.165) is 46.5 Å². The van der Waals surface area contributed by atoms with Gasteiger partial charge in [-0.15, -0.1) is 0 Å². The Morgan fingerprint density at radius 2 is 1.32 bits per heavy atom. The van der Waals surface area contributed by atoms with Crippen molar-refractivity contribution < 1.29 is 42.9 Å². The van der Waals surface area contributed by atoms with Gasteiger partial charge in [0.05, 0.1) is 0 Å². The van der Waals surface area contributed by atoms with Crippen LogP contribution < -0.4 is 10.2 Å². The summed E-state index contributed by atoms with van der Waals surface area (Å²) in [7, 11) is 0. The van der Waals surface area contributed by atoms with E-state index < -0.39 is 54.7 Å². The minimum Gasteiger partial charge on any atom is -0.462 e. The molecule has 0 aliphatic rings. The third-order valence-electron chi connectivity index (χ3n) is 4.55. The first-order valence-electron chi connectivity index (χ1n) is 10.8. The van der Waals surface area contributed by atoms with Crippen LogP contribution in [0.25, 0.3) is 0 Å². The van der Waals surface area contributed by atoms with Gasteiger partial charge in [-0.3, -0.25) is 24.0 Å². The van der Waals surface area contributed by atoms with Crippen molar-refractivity contribution in [3.63, 3.8) is 0 Å². The maximum absolute atomic E-state index is 13.1. The van der Waals surface area contributed by atoms with E-state index in [1.54, 1.807) is 12.1 Å². The molecule has 3 unspecified atom stereocenters. The lowest BCUT2D eigenvalue weighted by Gasteiger charge is -2.30. The number of esters is 4. The quantitative estimate of drug-likeness (QED) is 0.348. The Morgan fingerprint density at radius 1 is 0.794 bits per heavy atom. The van der Waals surface area contributed by atoms with Gasteiger partial charge >= 0.3 is 23.9 Å². The van der Waals surface area contributed by atoms with Crippen molar-refractivity contribution in [2.45, 2.75) is 59.9 Å². The molecule has 0 spiro atoms. The number of carbonyl (C=O) groups is 5. The van der Waals surface area contributed by atoms with E-state index in [2.05, 4.69) is 10.2 Å². The molecule has 1 aromatic carbocycles. The third-order valence-corrected chi connectivity index (χ3v) is 4.55. The van der Waals surface area contributed by atoms with Crippen LogP contribution in [-0.4, -0.2) is 67.8 Å². The smallest absolute Gasteiger partial charge is 0.303 e. The molecule has 3 atom stereocenters. The zero-order chi connectivity index (χ0) is 25.8. The van der Waals surface area contributed by atoms with E-state index in [9.17, 15) is 24.0 Å². The third kappa shape index (κ3) is 9.47. The molecular formula is C23H32N2O9. The van der Waals surface area contributed by atoms with Crippen molar-refractivity contribution >= 4 is 41.2 Å². The summed E-state index contributed by atoms with van der Waals surface area (Å²) < 4.78 is 20.4. The van der Waals surface area contributed by atoms with Gasteiger partial charge in [0, 0.05) is 52.2 Å². The number of ether oxygens (including phenoxy) is 4. The van der Waals surface area contributed by atoms with E-state index in [-0.39, 0.29) is 0 Å². The Balaban J connectivity index is 3.25. The number of amides is 1. The van der Waals surface area contributed by atoms with Crippen LogP contribution in [0.3, 0.4) is 0 Å². The first-order valence-corrected chi connectivity index (χ1v) is 10.8. The molecule has 0 heterocycles. The standard InChI is InChI=1S/C23H32N2O9/c1-7-25(8-2)19-11-9-18(10-12-19)24-23(30)22(34-17(6)29)21(33-16(5)28)20(32-15(4)27)13-31-14(3)26/h9-12,20-22H,7-8,13H2,1-6H3,(H,24,30). The molecule has 1 N–H and O–H groups in total. The van der Waals surface area contributed by atoms with Crippen LogP contribution in [0.15, 0.2) is 24.3 Å². The number of anilines is 2. The first-order chi connectivity index (χ1) is 16.0. The second-order valence-corrected chi connectivity index (χ2v) is 7.26. The van der Waals surface area contributed by atoms with Gasteiger partial charge in [0.25, 0.3) is 5.91 Å². The lowest BCUT2D eigenvalue weighted by molar-refractivity contribution is -0.190. The van der Waals surface area contributed by atoms with Gasteiger partial charge in [0.15, 0.2) is 12.2 Å². The Kier molecular flexibility index (Phi) is 11.5. The van der Waals surface area contributed by atoms with Crippen LogP contribution in [0.5, 0.6) is 0 Å². The summed E-state index contributed by atoms with van der Waals surface area (Å²) in [6.07, 6.45) is -4.70. The summed E-state index contributed by atoms with van der Waals surface area (Å²) in [6, 6.07) is 6.96. The van der Waals surface area contributed by atoms with E-state index in [0.29, 0.717) is 5.69 Å². The lowest BCUT2D eigenvalue weighted by Crippen LogP contribution is -2.52. The van der Waals surface area contributed by atoms with Gasteiger partial charge in [0.1, 0.15) is 6.61 Å². The van der Waals surface area contributed by atoms with Gasteiger partial charge < -0.3 is 29.2 Å². The van der Waals surface area contributed by atoms with Crippen molar-refractivity contribution in [1.29, 1.82) is 0 Å². The summed E-state index contributed by atoms with van der Waals surface area (Å²) in [6.45, 7) is 9.47. The molecule has 1 rings (SSSR count). The number of hydrogen-bond acceptors (Lipinski definition) is 10. The molecule has 0 radical (unpaired) electrons. The van der Waals surface area contributed by atoms with Gasteiger partial charge in [-0.2, -0.15) is 0 Å². The van der Waals surface area contributed by atoms with Gasteiger partial charge in [-0.05, 0) is 38.1 Å². The molecule has 1 aromatic rings. The molecule has 0 bridgehead atoms. The summed E-state index contributed by atoms with van der Waals surface area (Å²) >= 11 is 0. The Hall–Kier alpha value is -3.63. The molecule has 0 aliphatic carbocycles. The number of benzene rings is 1. The Bertz CT molecular complexity index is 866. The molecule has 1 amide bonds. The molecule has 11 nitrogen and oxygen atoms in total. The second kappa shape index (κ2) is 13.8. The molecule has 0 aliphatic heterocycles. The maximum Gasteiger partial charge on any atom is 0.303 e. The van der Waals surface area contributed by atoms with Crippen LogP contribution in [0.1, 0.15) is 41.5 Å². The fourth-order valence-corrected chi connectivity index (χ4v) is 3.14. The SMILES string of the molecule is CCN(CC)c1ccc(NC(=O)C(OC(C)=O)C(OC(C)=O)C(COC(C)=O)OC(C)=O)cc1. The van der Waals surface area contributed by atoms with Crippen molar-refractivity contribution in [3.8, 4) is 0 Å². The topological polar surface area (TPSA) is 138 Å². The molecule has 0 saturated heterocycles. The molecule has 0 saturated carbocycles. The zero-order valence-electron chi connectivity index (χ0n) is 20.3. The van der Waals surface area contributed by atoms with Crippen LogP contribution in [0, 0.1) is 0 Å². The van der Waals surface area contributed by atoms with Crippen molar-refractivity contribution in [2.75, 3.05) is 29.9 Å². The van der Waals surface area contributed by atoms with E-state index >= 15 is 0 Å². The minimum absolute atomic E-state index is 0.392. The summed E-state index contributed by atoms with van der Waals surface area (Å²) in [5.74, 6) is -4.00. The van der Waals surface area contributed by atoms with E-state index in [1.807, 2.05) is 26.0 Å². The number of carbonyl (C=O) groups excluding carboxylic acids is 5. The molecule has 0 aromatic heterocycles. The predicted molar refractivity (Wildman–Crippen MR) is 122 cm³/mol. The van der Waals surface area contributed by atoms with Crippen LogP contribution in [-0.2, 0) is 42.9 Å². The number of nitrogens with one attached hydrogen (secondary N) is 1. The van der Waals surface area contributed by atoms with Crippen molar-refractivity contribution in [2.24, 2.45) is 0 Å². The van der Waals surface area contributed by atoms with Crippen molar-refractivity contribution in [1.82, 2.24) is 0 Å². The predicted octanol–water partition coefficient (Wildman–Crippen LogP) is 1.83. The van der Waals surface area contributed by atoms with E-state index in [4.69, 9.17) is 18.9 Å². The largest absolute Gasteiger partial charge is 0.462 e. The molecule has 188 valence electrons. The average Bonchev–Trinajstić information content (AvgIpc) is 2.75. The molecule has 11 heteroatoms. The van der Waals surface area contributed by atoms with Crippen LogP contribution in [0.4, 0.5) is 11.4 Å². The number of rotatable bonds is 12. The highest BCUT2D eigenvalue weighted by Gasteiger charge is 2.42. The highest BCUT2D eigenvalue weighted by atomic mass is 16.6. The number of hydrogen-bond donors (Lipinski definition) is 1. The number of nitrogens with zero attached hydrogens (tertiary/aromatic N) is 1. The van der Waals surface area contributed by atoms with Crippen LogP contribution in [0.2, 0.25) is 0 Å². The average molecular weight is 481 g/mol. The fraction of sp³-hybridized carbons (Fsp3) is 0.522. The summed E-state index contributed by atoms with van der Waals surface area (Å²) in [4.78, 5) is 61.6. The van der Waals surface area contributed by atoms with Gasteiger partial charge in [0.2, 0.25) is 6.10 Å². The van der Waals surface area contributed by atoms with Gasteiger partial charge in [-0.25, -0.2) is 0 Å². The normalized spacial score (nSPS) is 13.0. The highest BCUT2D eigenvalue weighted by molar-refractivity contribution is 5.96. The maximum atomic E-state index is 13.1. The highest BCUT2D eigenvalue weighted by Crippen LogP contribution is 2.20. The Morgan fingerprint density at radius 3 is 1.76 bits per heavy atom. The molecule has 0 fully saturated rings. The second-order valence-electron chi connectivity index (χ2n) is 7.26. The molecular weight excluding hydrogens is 448 g/mol. The van der Waals surface area contributed by atoms with Gasteiger partial charge in [-0.1, -0.05) is 0 Å².